The van der Waals surface area contributed by atoms with Crippen LogP contribution in [0.5, 0.6) is 5.75 Å². The Bertz CT molecular complexity index is 635. The van der Waals surface area contributed by atoms with E-state index in [0.29, 0.717) is 11.1 Å². The fraction of sp³-hybridized carbons (Fsp3) is 0.143. The van der Waals surface area contributed by atoms with E-state index in [9.17, 15) is 15.2 Å². The zero-order valence-electron chi connectivity index (χ0n) is 11.0. The highest BCUT2D eigenvalue weighted by Crippen LogP contribution is 2.29. The lowest BCUT2D eigenvalue weighted by Gasteiger charge is -2.11. The molecule has 0 bridgehead atoms. The Hall–Kier alpha value is -2.31. The summed E-state index contributed by atoms with van der Waals surface area (Å²) in [6.07, 6.45) is 0. The van der Waals surface area contributed by atoms with Crippen molar-refractivity contribution in [3.8, 4) is 5.75 Å². The van der Waals surface area contributed by atoms with Gasteiger partial charge in [0.1, 0.15) is 5.75 Å². The van der Waals surface area contributed by atoms with Crippen molar-refractivity contribution >= 4 is 23.0 Å². The predicted octanol–water partition coefficient (Wildman–Crippen LogP) is 3.16. The number of aromatic hydroxyl groups is 1. The molecule has 0 aliphatic carbocycles. The Morgan fingerprint density at radius 1 is 1.19 bits per heavy atom. The summed E-state index contributed by atoms with van der Waals surface area (Å²) in [5, 5.41) is 20.9. The van der Waals surface area contributed by atoms with Crippen molar-refractivity contribution in [1.29, 1.82) is 0 Å². The van der Waals surface area contributed by atoms with Crippen LogP contribution in [0.3, 0.4) is 0 Å². The molecule has 0 aliphatic rings. The summed E-state index contributed by atoms with van der Waals surface area (Å²) < 4.78 is 0. The molecule has 2 rings (SSSR count). The number of nitro benzene ring substituents is 1. The molecule has 0 atom stereocenters. The lowest BCUT2D eigenvalue weighted by molar-refractivity contribution is -0.385. The number of hydrogen-bond acceptors (Lipinski definition) is 5. The van der Waals surface area contributed by atoms with Gasteiger partial charge in [0.25, 0.3) is 5.69 Å². The number of para-hydroxylation sites is 1. The Kier molecular flexibility index (Phi) is 4.97. The van der Waals surface area contributed by atoms with Crippen molar-refractivity contribution in [1.82, 2.24) is 5.43 Å². The van der Waals surface area contributed by atoms with Crippen LogP contribution >= 0.6 is 11.6 Å². The van der Waals surface area contributed by atoms with E-state index in [0.717, 1.165) is 5.69 Å². The van der Waals surface area contributed by atoms with E-state index in [4.69, 9.17) is 11.6 Å². The molecule has 110 valence electrons. The van der Waals surface area contributed by atoms with Gasteiger partial charge in [-0.25, -0.2) is 5.43 Å². The van der Waals surface area contributed by atoms with E-state index >= 15 is 0 Å². The van der Waals surface area contributed by atoms with Crippen LogP contribution in [0, 0.1) is 10.1 Å². The van der Waals surface area contributed by atoms with E-state index in [1.54, 1.807) is 0 Å². The maximum Gasteiger partial charge on any atom is 0.270 e. The minimum atomic E-state index is -0.510. The molecule has 0 heterocycles. The first-order chi connectivity index (χ1) is 10.1. The molecule has 0 aliphatic heterocycles. The number of hydrazine groups is 1. The van der Waals surface area contributed by atoms with Crippen LogP contribution in [0.15, 0.2) is 42.5 Å². The molecule has 21 heavy (non-hydrogen) atoms. The van der Waals surface area contributed by atoms with Crippen molar-refractivity contribution in [3.05, 3.63) is 63.7 Å². The van der Waals surface area contributed by atoms with Gasteiger partial charge in [0, 0.05) is 35.5 Å². The second-order valence-corrected chi connectivity index (χ2v) is 4.62. The smallest absolute Gasteiger partial charge is 0.270 e. The lowest BCUT2D eigenvalue weighted by atomic mass is 10.1. The second kappa shape index (κ2) is 6.92. The molecule has 2 aromatic rings. The fourth-order valence-corrected chi connectivity index (χ4v) is 2.05. The van der Waals surface area contributed by atoms with Gasteiger partial charge in [0.2, 0.25) is 0 Å². The minimum Gasteiger partial charge on any atom is -0.507 e. The van der Waals surface area contributed by atoms with E-state index in [-0.39, 0.29) is 23.9 Å². The van der Waals surface area contributed by atoms with Crippen molar-refractivity contribution in [2.75, 3.05) is 5.43 Å². The number of benzene rings is 2. The quantitative estimate of drug-likeness (QED) is 0.433. The van der Waals surface area contributed by atoms with Gasteiger partial charge in [0.05, 0.1) is 10.8 Å². The van der Waals surface area contributed by atoms with Crippen LogP contribution < -0.4 is 10.9 Å². The van der Waals surface area contributed by atoms with Gasteiger partial charge in [-0.05, 0) is 12.1 Å². The Labute approximate surface area is 126 Å². The average molecular weight is 308 g/mol. The number of alkyl halides is 1. The van der Waals surface area contributed by atoms with Crippen LogP contribution in [0.1, 0.15) is 11.1 Å². The van der Waals surface area contributed by atoms with Crippen LogP contribution in [-0.2, 0) is 12.4 Å². The Balaban J connectivity index is 2.11. The number of rotatable bonds is 6. The van der Waals surface area contributed by atoms with E-state index in [1.165, 1.54) is 12.1 Å². The number of nitrogens with zero attached hydrogens (tertiary/aromatic N) is 1. The number of halogens is 1. The maximum absolute atomic E-state index is 10.9. The highest BCUT2D eigenvalue weighted by molar-refractivity contribution is 6.17. The highest BCUT2D eigenvalue weighted by atomic mass is 35.5. The molecule has 6 nitrogen and oxygen atoms in total. The number of hydrogen-bond donors (Lipinski definition) is 3. The zero-order valence-corrected chi connectivity index (χ0v) is 11.8. The minimum absolute atomic E-state index is 0.00657. The Morgan fingerprint density at radius 2 is 1.86 bits per heavy atom. The summed E-state index contributed by atoms with van der Waals surface area (Å²) in [7, 11) is 0. The number of phenolic OH excluding ortho intramolecular Hbond substituents is 1. The largest absolute Gasteiger partial charge is 0.507 e. The third kappa shape index (κ3) is 3.84. The van der Waals surface area contributed by atoms with Gasteiger partial charge in [-0.1, -0.05) is 18.2 Å². The van der Waals surface area contributed by atoms with Crippen molar-refractivity contribution in [2.45, 2.75) is 12.4 Å². The highest BCUT2D eigenvalue weighted by Gasteiger charge is 2.15. The molecule has 0 saturated carbocycles. The third-order valence-corrected chi connectivity index (χ3v) is 3.18. The maximum atomic E-state index is 10.9. The molecule has 0 unspecified atom stereocenters. The number of nitrogens with one attached hydrogen (secondary N) is 2. The van der Waals surface area contributed by atoms with Crippen LogP contribution in [0.4, 0.5) is 11.4 Å². The average Bonchev–Trinajstić information content (AvgIpc) is 2.49. The number of phenols is 1. The lowest BCUT2D eigenvalue weighted by Crippen LogP contribution is -2.21. The topological polar surface area (TPSA) is 87.4 Å². The monoisotopic (exact) mass is 307 g/mol. The second-order valence-electron chi connectivity index (χ2n) is 4.35. The van der Waals surface area contributed by atoms with E-state index in [1.807, 2.05) is 30.3 Å². The summed E-state index contributed by atoms with van der Waals surface area (Å²) >= 11 is 5.69. The van der Waals surface area contributed by atoms with Gasteiger partial charge in [-0.15, -0.1) is 11.6 Å². The summed E-state index contributed by atoms with van der Waals surface area (Å²) in [6.45, 7) is 0.215. The molecule has 3 N–H and O–H groups in total. The molecule has 0 fully saturated rings. The van der Waals surface area contributed by atoms with Crippen LogP contribution in [0.25, 0.3) is 0 Å². The first-order valence-corrected chi connectivity index (χ1v) is 6.74. The molecular formula is C14H14ClN3O3. The van der Waals surface area contributed by atoms with Gasteiger partial charge in [0.15, 0.2) is 0 Å². The van der Waals surface area contributed by atoms with E-state index in [2.05, 4.69) is 10.9 Å². The first-order valence-electron chi connectivity index (χ1n) is 6.21. The van der Waals surface area contributed by atoms with Crippen LogP contribution in [0.2, 0.25) is 0 Å². The number of nitro groups is 1. The predicted molar refractivity (Wildman–Crippen MR) is 81.2 cm³/mol. The third-order valence-electron chi connectivity index (χ3n) is 2.89. The zero-order chi connectivity index (χ0) is 15.2. The molecule has 7 heteroatoms. The van der Waals surface area contributed by atoms with Gasteiger partial charge >= 0.3 is 0 Å². The SMILES string of the molecule is O=[N+]([O-])c1cc(CCl)c(O)c(CNNc2ccccc2)c1. The van der Waals surface area contributed by atoms with E-state index < -0.39 is 4.92 Å². The fourth-order valence-electron chi connectivity index (χ4n) is 1.85. The summed E-state index contributed by atoms with van der Waals surface area (Å²) in [5.41, 5.74) is 7.33. The van der Waals surface area contributed by atoms with Gasteiger partial charge < -0.3 is 10.5 Å². The summed E-state index contributed by atoms with van der Waals surface area (Å²) in [6, 6.07) is 12.0. The normalized spacial score (nSPS) is 10.3. The molecule has 0 saturated heterocycles. The molecule has 0 radical (unpaired) electrons. The van der Waals surface area contributed by atoms with Crippen LogP contribution in [-0.4, -0.2) is 10.0 Å². The molecule has 0 aromatic heterocycles. The van der Waals surface area contributed by atoms with Crippen molar-refractivity contribution in [2.24, 2.45) is 0 Å². The van der Waals surface area contributed by atoms with Gasteiger partial charge in [-0.2, -0.15) is 0 Å². The first kappa shape index (κ1) is 15.1. The molecule has 2 aromatic carbocycles. The van der Waals surface area contributed by atoms with Crippen molar-refractivity contribution in [3.63, 3.8) is 0 Å². The summed E-state index contributed by atoms with van der Waals surface area (Å²) in [4.78, 5) is 10.4. The summed E-state index contributed by atoms with van der Waals surface area (Å²) in [5.74, 6) is -0.0231. The molecule has 0 amide bonds. The Morgan fingerprint density at radius 3 is 2.48 bits per heavy atom. The van der Waals surface area contributed by atoms with Gasteiger partial charge in [-0.3, -0.25) is 10.1 Å². The van der Waals surface area contributed by atoms with Crippen molar-refractivity contribution < 1.29 is 10.0 Å². The number of anilines is 1. The molecule has 0 spiro atoms. The standard InChI is InChI=1S/C14H14ClN3O3/c15-8-10-6-13(18(20)21)7-11(14(10)19)9-16-17-12-4-2-1-3-5-12/h1-7,16-17,19H,8-9H2. The molecular weight excluding hydrogens is 294 g/mol. The number of non-ortho nitro benzene ring substituents is 1.